The second-order valence-corrected chi connectivity index (χ2v) is 5.46. The molecule has 0 radical (unpaired) electrons. The number of carbonyl (C=O) groups is 1. The largest absolute Gasteiger partial charge is 0.393 e. The molecule has 2 atom stereocenters. The van der Waals surface area contributed by atoms with E-state index in [1.54, 1.807) is 13.0 Å². The summed E-state index contributed by atoms with van der Waals surface area (Å²) in [5, 5.41) is 17.7. The van der Waals surface area contributed by atoms with Crippen molar-refractivity contribution in [2.75, 3.05) is 0 Å². The van der Waals surface area contributed by atoms with Gasteiger partial charge in [-0.1, -0.05) is 11.2 Å². The Kier molecular flexibility index (Phi) is 4.34. The van der Waals surface area contributed by atoms with E-state index in [2.05, 4.69) is 10.5 Å². The molecular formula is C13H16N2O3S. The summed E-state index contributed by atoms with van der Waals surface area (Å²) >= 11 is 1.52. The summed E-state index contributed by atoms with van der Waals surface area (Å²) in [4.78, 5) is 12.8. The van der Waals surface area contributed by atoms with Crippen molar-refractivity contribution in [2.45, 2.75) is 32.4 Å². The number of nitrogens with zero attached hydrogens (tertiary/aromatic N) is 1. The fourth-order valence-corrected chi connectivity index (χ4v) is 2.46. The molecule has 2 N–H and O–H groups in total. The molecule has 2 unspecified atom stereocenters. The molecule has 102 valence electrons. The van der Waals surface area contributed by atoms with Crippen molar-refractivity contribution in [3.63, 3.8) is 0 Å². The Morgan fingerprint density at radius 3 is 3.00 bits per heavy atom. The number of thiophene rings is 1. The summed E-state index contributed by atoms with van der Waals surface area (Å²) in [7, 11) is 0. The highest BCUT2D eigenvalue weighted by molar-refractivity contribution is 7.13. The third kappa shape index (κ3) is 3.65. The van der Waals surface area contributed by atoms with E-state index in [-0.39, 0.29) is 17.6 Å². The molecule has 0 saturated carbocycles. The molecule has 0 bridgehead atoms. The second-order valence-electron chi connectivity index (χ2n) is 4.51. The topological polar surface area (TPSA) is 75.4 Å². The zero-order chi connectivity index (χ0) is 13.8. The zero-order valence-corrected chi connectivity index (χ0v) is 11.6. The molecule has 5 nitrogen and oxygen atoms in total. The maximum atomic E-state index is 11.9. The molecule has 6 heteroatoms. The van der Waals surface area contributed by atoms with Gasteiger partial charge in [-0.2, -0.15) is 0 Å². The standard InChI is InChI=1S/C13H16N2O3S/c1-8(6-9(2)16)14-13(17)10-7-11(18-15-10)12-4-3-5-19-12/h3-5,7-9,16H,6H2,1-2H3,(H,14,17). The van der Waals surface area contributed by atoms with Crippen molar-refractivity contribution < 1.29 is 14.4 Å². The van der Waals surface area contributed by atoms with E-state index >= 15 is 0 Å². The summed E-state index contributed by atoms with van der Waals surface area (Å²) < 4.78 is 5.14. The lowest BCUT2D eigenvalue weighted by atomic mass is 10.1. The Morgan fingerprint density at radius 1 is 1.58 bits per heavy atom. The van der Waals surface area contributed by atoms with Crippen LogP contribution in [0.1, 0.15) is 30.8 Å². The summed E-state index contributed by atoms with van der Waals surface area (Å²) in [6.45, 7) is 3.53. The molecule has 2 aromatic rings. The van der Waals surface area contributed by atoms with E-state index in [1.807, 2.05) is 24.4 Å². The van der Waals surface area contributed by atoms with Crippen LogP contribution in [-0.2, 0) is 0 Å². The van der Waals surface area contributed by atoms with Gasteiger partial charge in [-0.05, 0) is 31.7 Å². The molecule has 19 heavy (non-hydrogen) atoms. The zero-order valence-electron chi connectivity index (χ0n) is 10.8. The van der Waals surface area contributed by atoms with Crippen molar-refractivity contribution in [2.24, 2.45) is 0 Å². The fourth-order valence-electron chi connectivity index (χ4n) is 1.79. The molecule has 0 aliphatic carbocycles. The number of carbonyl (C=O) groups excluding carboxylic acids is 1. The average Bonchev–Trinajstić information content (AvgIpc) is 2.99. The summed E-state index contributed by atoms with van der Waals surface area (Å²) in [5.74, 6) is 0.294. The molecule has 0 spiro atoms. The maximum Gasteiger partial charge on any atom is 0.273 e. The minimum atomic E-state index is -0.450. The first-order chi connectivity index (χ1) is 9.06. The average molecular weight is 280 g/mol. The van der Waals surface area contributed by atoms with Crippen molar-refractivity contribution in [3.8, 4) is 10.6 Å². The lowest BCUT2D eigenvalue weighted by Crippen LogP contribution is -2.34. The van der Waals surface area contributed by atoms with Crippen LogP contribution in [0.4, 0.5) is 0 Å². The van der Waals surface area contributed by atoms with Gasteiger partial charge in [0.2, 0.25) is 0 Å². The van der Waals surface area contributed by atoms with Crippen LogP contribution in [0.25, 0.3) is 10.6 Å². The maximum absolute atomic E-state index is 11.9. The van der Waals surface area contributed by atoms with Crippen LogP contribution in [0.5, 0.6) is 0 Å². The molecule has 0 saturated heterocycles. The van der Waals surface area contributed by atoms with Gasteiger partial charge in [0.25, 0.3) is 5.91 Å². The third-order valence-electron chi connectivity index (χ3n) is 2.58. The highest BCUT2D eigenvalue weighted by Crippen LogP contribution is 2.25. The van der Waals surface area contributed by atoms with E-state index in [0.29, 0.717) is 12.2 Å². The third-order valence-corrected chi connectivity index (χ3v) is 3.46. The Labute approximate surface area is 115 Å². The van der Waals surface area contributed by atoms with E-state index in [4.69, 9.17) is 4.52 Å². The minimum Gasteiger partial charge on any atom is -0.393 e. The number of hydrogen-bond donors (Lipinski definition) is 2. The SMILES string of the molecule is CC(O)CC(C)NC(=O)c1cc(-c2cccs2)on1. The van der Waals surface area contributed by atoms with Crippen LogP contribution in [0.2, 0.25) is 0 Å². The quantitative estimate of drug-likeness (QED) is 0.881. The first-order valence-corrected chi connectivity index (χ1v) is 6.93. The monoisotopic (exact) mass is 280 g/mol. The van der Waals surface area contributed by atoms with Gasteiger partial charge in [-0.3, -0.25) is 4.79 Å². The van der Waals surface area contributed by atoms with Crippen LogP contribution >= 0.6 is 11.3 Å². The smallest absolute Gasteiger partial charge is 0.273 e. The van der Waals surface area contributed by atoms with Crippen LogP contribution < -0.4 is 5.32 Å². The van der Waals surface area contributed by atoms with E-state index in [9.17, 15) is 9.90 Å². The number of rotatable bonds is 5. The molecule has 2 rings (SSSR count). The number of aliphatic hydroxyl groups is 1. The fraction of sp³-hybridized carbons (Fsp3) is 0.385. The molecule has 2 aromatic heterocycles. The van der Waals surface area contributed by atoms with Crippen molar-refractivity contribution in [1.82, 2.24) is 10.5 Å². The Hall–Kier alpha value is -1.66. The highest BCUT2D eigenvalue weighted by Gasteiger charge is 2.16. The predicted octanol–water partition coefficient (Wildman–Crippen LogP) is 2.29. The van der Waals surface area contributed by atoms with Crippen molar-refractivity contribution in [1.29, 1.82) is 0 Å². The van der Waals surface area contributed by atoms with Gasteiger partial charge in [-0.15, -0.1) is 11.3 Å². The van der Waals surface area contributed by atoms with Gasteiger partial charge in [-0.25, -0.2) is 0 Å². The summed E-state index contributed by atoms with van der Waals surface area (Å²) in [6.07, 6.45) is 0.0516. The highest BCUT2D eigenvalue weighted by atomic mass is 32.1. The van der Waals surface area contributed by atoms with Gasteiger partial charge in [0, 0.05) is 12.1 Å². The van der Waals surface area contributed by atoms with Gasteiger partial charge in [0.1, 0.15) is 0 Å². The summed E-state index contributed by atoms with van der Waals surface area (Å²) in [6, 6.07) is 5.32. The minimum absolute atomic E-state index is 0.116. The first kappa shape index (κ1) is 13.8. The van der Waals surface area contributed by atoms with Crippen LogP contribution in [0.15, 0.2) is 28.1 Å². The molecule has 2 heterocycles. The van der Waals surface area contributed by atoms with E-state index < -0.39 is 6.10 Å². The van der Waals surface area contributed by atoms with Crippen LogP contribution in [0, 0.1) is 0 Å². The Morgan fingerprint density at radius 2 is 2.37 bits per heavy atom. The Balaban J connectivity index is 2.00. The lowest BCUT2D eigenvalue weighted by Gasteiger charge is -2.13. The molecule has 0 fully saturated rings. The second kappa shape index (κ2) is 5.99. The van der Waals surface area contributed by atoms with Crippen LogP contribution in [0.3, 0.4) is 0 Å². The molecular weight excluding hydrogens is 264 g/mol. The lowest BCUT2D eigenvalue weighted by molar-refractivity contribution is 0.0914. The molecule has 1 amide bonds. The molecule has 0 aliphatic rings. The number of amides is 1. The van der Waals surface area contributed by atoms with Gasteiger partial charge < -0.3 is 14.9 Å². The molecule has 0 aromatic carbocycles. The van der Waals surface area contributed by atoms with E-state index in [1.165, 1.54) is 11.3 Å². The molecule has 0 aliphatic heterocycles. The summed E-state index contributed by atoms with van der Waals surface area (Å²) in [5.41, 5.74) is 0.251. The van der Waals surface area contributed by atoms with Gasteiger partial charge >= 0.3 is 0 Å². The van der Waals surface area contributed by atoms with E-state index in [0.717, 1.165) is 4.88 Å². The van der Waals surface area contributed by atoms with Crippen LogP contribution in [-0.4, -0.2) is 28.3 Å². The normalized spacial score (nSPS) is 14.1. The van der Waals surface area contributed by atoms with Gasteiger partial charge in [0.15, 0.2) is 11.5 Å². The number of nitrogens with one attached hydrogen (secondary N) is 1. The number of aromatic nitrogens is 1. The number of hydrogen-bond acceptors (Lipinski definition) is 5. The predicted molar refractivity (Wildman–Crippen MR) is 73.0 cm³/mol. The van der Waals surface area contributed by atoms with Crippen molar-refractivity contribution in [3.05, 3.63) is 29.3 Å². The number of aliphatic hydroxyl groups excluding tert-OH is 1. The van der Waals surface area contributed by atoms with Crippen molar-refractivity contribution >= 4 is 17.2 Å². The van der Waals surface area contributed by atoms with Gasteiger partial charge in [0.05, 0.1) is 11.0 Å². The first-order valence-electron chi connectivity index (χ1n) is 6.06. The Bertz CT molecular complexity index is 534.